The van der Waals surface area contributed by atoms with Gasteiger partial charge in [-0.1, -0.05) is 62.2 Å². The molecule has 0 bridgehead atoms. The third-order valence-electron chi connectivity index (χ3n) is 3.39. The van der Waals surface area contributed by atoms with Crippen LogP contribution in [0.3, 0.4) is 0 Å². The SMILES string of the molecule is CCC1=C(Cc2ccccc2)C1(C)C. The van der Waals surface area contributed by atoms with Gasteiger partial charge in [-0.15, -0.1) is 0 Å². The van der Waals surface area contributed by atoms with Gasteiger partial charge in [0.25, 0.3) is 0 Å². The second kappa shape index (κ2) is 3.27. The monoisotopic (exact) mass is 186 g/mol. The summed E-state index contributed by atoms with van der Waals surface area (Å²) in [4.78, 5) is 0. The Morgan fingerprint density at radius 2 is 1.64 bits per heavy atom. The Balaban J connectivity index is 2.11. The van der Waals surface area contributed by atoms with E-state index in [0.29, 0.717) is 5.41 Å². The zero-order valence-corrected chi connectivity index (χ0v) is 9.30. The number of allylic oxidation sites excluding steroid dienone is 2. The van der Waals surface area contributed by atoms with Gasteiger partial charge in [-0.25, -0.2) is 0 Å². The van der Waals surface area contributed by atoms with Crippen molar-refractivity contribution < 1.29 is 0 Å². The van der Waals surface area contributed by atoms with E-state index in [-0.39, 0.29) is 0 Å². The zero-order valence-electron chi connectivity index (χ0n) is 9.30. The molecule has 0 heterocycles. The summed E-state index contributed by atoms with van der Waals surface area (Å²) in [5.41, 5.74) is 5.19. The van der Waals surface area contributed by atoms with E-state index in [9.17, 15) is 0 Å². The Hall–Kier alpha value is -1.04. The van der Waals surface area contributed by atoms with Gasteiger partial charge < -0.3 is 0 Å². The standard InChI is InChI=1S/C14H18/c1-4-12-13(14(12,2)3)10-11-8-6-5-7-9-11/h5-9H,4,10H2,1-3H3. The van der Waals surface area contributed by atoms with Crippen molar-refractivity contribution >= 4 is 0 Å². The molecule has 0 radical (unpaired) electrons. The van der Waals surface area contributed by atoms with E-state index in [4.69, 9.17) is 0 Å². The Morgan fingerprint density at radius 3 is 2.14 bits per heavy atom. The molecule has 1 aromatic carbocycles. The highest BCUT2D eigenvalue weighted by Crippen LogP contribution is 2.54. The summed E-state index contributed by atoms with van der Waals surface area (Å²) in [6.45, 7) is 6.93. The molecule has 1 aromatic rings. The molecule has 0 spiro atoms. The average Bonchev–Trinajstić information content (AvgIpc) is 2.69. The van der Waals surface area contributed by atoms with Crippen molar-refractivity contribution in [3.05, 3.63) is 47.0 Å². The highest BCUT2D eigenvalue weighted by atomic mass is 14.5. The van der Waals surface area contributed by atoms with Gasteiger partial charge >= 0.3 is 0 Å². The van der Waals surface area contributed by atoms with Crippen LogP contribution >= 0.6 is 0 Å². The molecule has 0 atom stereocenters. The predicted molar refractivity (Wildman–Crippen MR) is 61.2 cm³/mol. The van der Waals surface area contributed by atoms with Gasteiger partial charge in [0, 0.05) is 5.41 Å². The van der Waals surface area contributed by atoms with Crippen LogP contribution < -0.4 is 0 Å². The van der Waals surface area contributed by atoms with E-state index >= 15 is 0 Å². The molecule has 14 heavy (non-hydrogen) atoms. The van der Waals surface area contributed by atoms with Crippen molar-refractivity contribution in [1.29, 1.82) is 0 Å². The minimum Gasteiger partial charge on any atom is -0.0622 e. The molecule has 0 aliphatic heterocycles. The first kappa shape index (κ1) is 9.51. The smallest absolute Gasteiger partial charge is 0.00733 e. The van der Waals surface area contributed by atoms with Crippen LogP contribution in [-0.2, 0) is 6.42 Å². The maximum Gasteiger partial charge on any atom is 0.00733 e. The molecule has 0 aromatic heterocycles. The normalized spacial score (nSPS) is 18.5. The fourth-order valence-electron chi connectivity index (χ4n) is 2.41. The topological polar surface area (TPSA) is 0 Å². The van der Waals surface area contributed by atoms with Crippen LogP contribution in [0.2, 0.25) is 0 Å². The van der Waals surface area contributed by atoms with E-state index < -0.39 is 0 Å². The first-order valence-corrected chi connectivity index (χ1v) is 5.43. The summed E-state index contributed by atoms with van der Waals surface area (Å²) < 4.78 is 0. The summed E-state index contributed by atoms with van der Waals surface area (Å²) in [6.07, 6.45) is 2.37. The van der Waals surface area contributed by atoms with Crippen LogP contribution in [0.1, 0.15) is 32.8 Å². The molecule has 0 saturated carbocycles. The number of benzene rings is 1. The lowest BCUT2D eigenvalue weighted by molar-refractivity contribution is 0.650. The van der Waals surface area contributed by atoms with Gasteiger partial charge in [-0.3, -0.25) is 0 Å². The van der Waals surface area contributed by atoms with Crippen LogP contribution in [0, 0.1) is 5.41 Å². The summed E-state index contributed by atoms with van der Waals surface area (Å²) in [5, 5.41) is 0. The molecule has 0 fully saturated rings. The molecule has 1 aliphatic carbocycles. The second-order valence-corrected chi connectivity index (χ2v) is 4.60. The highest BCUT2D eigenvalue weighted by Gasteiger charge is 2.42. The molecule has 1 aliphatic rings. The van der Waals surface area contributed by atoms with E-state index in [2.05, 4.69) is 51.1 Å². The lowest BCUT2D eigenvalue weighted by Gasteiger charge is -2.05. The fourth-order valence-corrected chi connectivity index (χ4v) is 2.41. The van der Waals surface area contributed by atoms with Gasteiger partial charge in [-0.2, -0.15) is 0 Å². The minimum atomic E-state index is 0.421. The van der Waals surface area contributed by atoms with Crippen LogP contribution in [0.25, 0.3) is 0 Å². The van der Waals surface area contributed by atoms with Crippen LogP contribution in [0.15, 0.2) is 41.5 Å². The Kier molecular flexibility index (Phi) is 2.22. The summed E-state index contributed by atoms with van der Waals surface area (Å²) in [7, 11) is 0. The average molecular weight is 186 g/mol. The van der Waals surface area contributed by atoms with E-state index in [1.165, 1.54) is 12.0 Å². The van der Waals surface area contributed by atoms with E-state index in [1.54, 1.807) is 11.1 Å². The molecule has 0 saturated heterocycles. The Morgan fingerprint density at radius 1 is 1.00 bits per heavy atom. The molecule has 0 amide bonds. The molecular formula is C14H18. The number of hydrogen-bond donors (Lipinski definition) is 0. The predicted octanol–water partition coefficient (Wildman–Crippen LogP) is 3.98. The van der Waals surface area contributed by atoms with Crippen molar-refractivity contribution in [3.8, 4) is 0 Å². The molecule has 0 N–H and O–H groups in total. The first-order valence-electron chi connectivity index (χ1n) is 5.43. The Labute approximate surface area is 86.7 Å². The van der Waals surface area contributed by atoms with Gasteiger partial charge in [0.15, 0.2) is 0 Å². The van der Waals surface area contributed by atoms with Crippen LogP contribution in [0.5, 0.6) is 0 Å². The van der Waals surface area contributed by atoms with Crippen molar-refractivity contribution in [2.75, 3.05) is 0 Å². The van der Waals surface area contributed by atoms with Crippen molar-refractivity contribution in [1.82, 2.24) is 0 Å². The third kappa shape index (κ3) is 1.50. The van der Waals surface area contributed by atoms with Crippen LogP contribution in [-0.4, -0.2) is 0 Å². The van der Waals surface area contributed by atoms with Gasteiger partial charge in [-0.05, 0) is 18.4 Å². The fraction of sp³-hybridized carbons (Fsp3) is 0.429. The lowest BCUT2D eigenvalue weighted by Crippen LogP contribution is -1.95. The maximum absolute atomic E-state index is 2.34. The largest absolute Gasteiger partial charge is 0.0622 e. The summed E-state index contributed by atoms with van der Waals surface area (Å²) >= 11 is 0. The summed E-state index contributed by atoms with van der Waals surface area (Å²) in [5.74, 6) is 0. The van der Waals surface area contributed by atoms with Gasteiger partial charge in [0.05, 0.1) is 0 Å². The summed E-state index contributed by atoms with van der Waals surface area (Å²) in [6, 6.07) is 10.8. The first-order chi connectivity index (χ1) is 6.66. The molecule has 2 rings (SSSR count). The van der Waals surface area contributed by atoms with E-state index in [0.717, 1.165) is 6.42 Å². The molecule has 0 heteroatoms. The van der Waals surface area contributed by atoms with Crippen LogP contribution in [0.4, 0.5) is 0 Å². The third-order valence-corrected chi connectivity index (χ3v) is 3.39. The van der Waals surface area contributed by atoms with E-state index in [1.807, 2.05) is 0 Å². The number of rotatable bonds is 3. The van der Waals surface area contributed by atoms with Crippen molar-refractivity contribution in [2.24, 2.45) is 5.41 Å². The molecule has 0 nitrogen and oxygen atoms in total. The van der Waals surface area contributed by atoms with Crippen molar-refractivity contribution in [3.63, 3.8) is 0 Å². The number of hydrogen-bond acceptors (Lipinski definition) is 0. The molecule has 74 valence electrons. The van der Waals surface area contributed by atoms with Gasteiger partial charge in [0.2, 0.25) is 0 Å². The van der Waals surface area contributed by atoms with Crippen molar-refractivity contribution in [2.45, 2.75) is 33.6 Å². The Bertz CT molecular complexity index is 355. The lowest BCUT2D eigenvalue weighted by atomic mass is 9.99. The highest BCUT2D eigenvalue weighted by molar-refractivity contribution is 5.49. The molecular weight excluding hydrogens is 168 g/mol. The quantitative estimate of drug-likeness (QED) is 0.626. The maximum atomic E-state index is 2.34. The van der Waals surface area contributed by atoms with Gasteiger partial charge in [0.1, 0.15) is 0 Å². The second-order valence-electron chi connectivity index (χ2n) is 4.60. The zero-order chi connectivity index (χ0) is 10.2. The minimum absolute atomic E-state index is 0.421. The molecule has 0 unspecified atom stereocenters.